The molecule has 2 heteroatoms. The molecule has 0 amide bonds. The minimum Gasteiger partial charge on any atom is -0.309 e. The predicted octanol–water partition coefficient (Wildman–Crippen LogP) is 1.08. The molecule has 1 fully saturated rings. The van der Waals surface area contributed by atoms with Gasteiger partial charge >= 0.3 is 0 Å². The lowest BCUT2D eigenvalue weighted by Gasteiger charge is -2.38. The molecule has 3 atom stereocenters. The first-order valence-corrected chi connectivity index (χ1v) is 5.13. The second kappa shape index (κ2) is 4.64. The minimum absolute atomic E-state index is 0.326. The first-order valence-electron chi connectivity index (χ1n) is 5.13. The lowest BCUT2D eigenvalue weighted by Crippen LogP contribution is -2.56. The van der Waals surface area contributed by atoms with Gasteiger partial charge in [0.15, 0.2) is 0 Å². The molecule has 0 saturated carbocycles. The Morgan fingerprint density at radius 3 is 2.38 bits per heavy atom. The van der Waals surface area contributed by atoms with E-state index in [9.17, 15) is 0 Å². The Morgan fingerprint density at radius 2 is 2.00 bits per heavy atom. The largest absolute Gasteiger partial charge is 0.309 e. The number of hydrogen-bond donors (Lipinski definition) is 1. The average Bonchev–Trinajstić information content (AvgIpc) is 2.04. The van der Waals surface area contributed by atoms with Crippen LogP contribution in [0.4, 0.5) is 0 Å². The van der Waals surface area contributed by atoms with Crippen molar-refractivity contribution in [3.05, 3.63) is 0 Å². The number of nitrogens with one attached hydrogen (secondary N) is 1. The summed E-state index contributed by atoms with van der Waals surface area (Å²) in [6.45, 7) is 8.74. The molecule has 1 rings (SSSR count). The van der Waals surface area contributed by atoms with Crippen LogP contribution in [0.25, 0.3) is 0 Å². The highest BCUT2D eigenvalue weighted by Crippen LogP contribution is 2.10. The van der Waals surface area contributed by atoms with Crippen LogP contribution in [0, 0.1) is 12.3 Å². The molecule has 0 aromatic heterocycles. The molecule has 0 aliphatic carbocycles. The standard InChI is InChI=1S/C11H20N2/c1-5-11(6-2)13-7-9(3)12-10(4)8-13/h1,9-12H,6-8H2,2-4H3. The molecule has 74 valence electrons. The van der Waals surface area contributed by atoms with Crippen molar-refractivity contribution < 1.29 is 0 Å². The Kier molecular flexibility index (Phi) is 3.77. The van der Waals surface area contributed by atoms with Crippen molar-refractivity contribution in [3.8, 4) is 12.3 Å². The molecule has 0 aromatic rings. The lowest BCUT2D eigenvalue weighted by molar-refractivity contribution is 0.146. The topological polar surface area (TPSA) is 15.3 Å². The van der Waals surface area contributed by atoms with Gasteiger partial charge in [-0.3, -0.25) is 4.90 Å². The average molecular weight is 180 g/mol. The Balaban J connectivity index is 2.54. The van der Waals surface area contributed by atoms with Gasteiger partial charge < -0.3 is 5.32 Å². The van der Waals surface area contributed by atoms with E-state index in [0.29, 0.717) is 18.1 Å². The summed E-state index contributed by atoms with van der Waals surface area (Å²) in [4.78, 5) is 2.41. The number of rotatable bonds is 2. The van der Waals surface area contributed by atoms with E-state index in [4.69, 9.17) is 6.42 Å². The summed E-state index contributed by atoms with van der Waals surface area (Å²) in [5, 5.41) is 3.50. The van der Waals surface area contributed by atoms with Crippen LogP contribution in [0.2, 0.25) is 0 Å². The maximum absolute atomic E-state index is 5.49. The second-order valence-corrected chi connectivity index (χ2v) is 4.01. The molecule has 0 aromatic carbocycles. The van der Waals surface area contributed by atoms with Gasteiger partial charge in [-0.2, -0.15) is 0 Å². The zero-order valence-corrected chi connectivity index (χ0v) is 8.88. The SMILES string of the molecule is C#CC(CC)N1CC(C)NC(C)C1. The molecule has 1 N–H and O–H groups in total. The number of hydrogen-bond acceptors (Lipinski definition) is 2. The van der Waals surface area contributed by atoms with Crippen molar-refractivity contribution in [2.45, 2.75) is 45.3 Å². The van der Waals surface area contributed by atoms with Gasteiger partial charge in [0, 0.05) is 25.2 Å². The van der Waals surface area contributed by atoms with Crippen LogP contribution in [0.15, 0.2) is 0 Å². The van der Waals surface area contributed by atoms with Crippen LogP contribution in [0.3, 0.4) is 0 Å². The molecule has 1 heterocycles. The molecule has 1 aliphatic rings. The van der Waals surface area contributed by atoms with Crippen LogP contribution in [0.5, 0.6) is 0 Å². The van der Waals surface area contributed by atoms with Gasteiger partial charge in [0.1, 0.15) is 0 Å². The van der Waals surface area contributed by atoms with Gasteiger partial charge in [-0.15, -0.1) is 6.42 Å². The van der Waals surface area contributed by atoms with Crippen LogP contribution in [-0.2, 0) is 0 Å². The zero-order valence-electron chi connectivity index (χ0n) is 8.88. The van der Waals surface area contributed by atoms with E-state index in [1.54, 1.807) is 0 Å². The van der Waals surface area contributed by atoms with E-state index in [1.165, 1.54) is 0 Å². The fourth-order valence-corrected chi connectivity index (χ4v) is 2.11. The third-order valence-electron chi connectivity index (χ3n) is 2.61. The third-order valence-corrected chi connectivity index (χ3v) is 2.61. The minimum atomic E-state index is 0.326. The normalized spacial score (nSPS) is 32.5. The predicted molar refractivity (Wildman–Crippen MR) is 56.5 cm³/mol. The Hall–Kier alpha value is -0.520. The van der Waals surface area contributed by atoms with Gasteiger partial charge in [-0.05, 0) is 20.3 Å². The van der Waals surface area contributed by atoms with Crippen molar-refractivity contribution in [1.29, 1.82) is 0 Å². The molecular weight excluding hydrogens is 160 g/mol. The summed E-state index contributed by atoms with van der Waals surface area (Å²) in [5.74, 6) is 2.86. The second-order valence-electron chi connectivity index (χ2n) is 4.01. The van der Waals surface area contributed by atoms with E-state index < -0.39 is 0 Å². The highest BCUT2D eigenvalue weighted by Gasteiger charge is 2.24. The van der Waals surface area contributed by atoms with Gasteiger partial charge in [0.05, 0.1) is 6.04 Å². The van der Waals surface area contributed by atoms with Crippen molar-refractivity contribution in [3.63, 3.8) is 0 Å². The van der Waals surface area contributed by atoms with Crippen LogP contribution >= 0.6 is 0 Å². The summed E-state index contributed by atoms with van der Waals surface area (Å²) in [5.41, 5.74) is 0. The number of nitrogens with zero attached hydrogens (tertiary/aromatic N) is 1. The highest BCUT2D eigenvalue weighted by atomic mass is 15.2. The van der Waals surface area contributed by atoms with E-state index in [-0.39, 0.29) is 0 Å². The van der Waals surface area contributed by atoms with Crippen LogP contribution in [-0.4, -0.2) is 36.1 Å². The zero-order chi connectivity index (χ0) is 9.84. The first kappa shape index (κ1) is 10.6. The van der Waals surface area contributed by atoms with E-state index in [0.717, 1.165) is 19.5 Å². The van der Waals surface area contributed by atoms with Gasteiger partial charge in [-0.1, -0.05) is 12.8 Å². The van der Waals surface area contributed by atoms with Gasteiger partial charge in [0.25, 0.3) is 0 Å². The fraction of sp³-hybridized carbons (Fsp3) is 0.818. The highest BCUT2D eigenvalue weighted by molar-refractivity contribution is 5.01. The molecule has 1 aliphatic heterocycles. The third kappa shape index (κ3) is 2.72. The molecule has 0 bridgehead atoms. The smallest absolute Gasteiger partial charge is 0.0710 e. The van der Waals surface area contributed by atoms with Crippen LogP contribution in [0.1, 0.15) is 27.2 Å². The summed E-state index contributed by atoms with van der Waals surface area (Å²) in [6, 6.07) is 1.45. The van der Waals surface area contributed by atoms with Crippen molar-refractivity contribution in [2.24, 2.45) is 0 Å². The Labute approximate surface area is 81.7 Å². The van der Waals surface area contributed by atoms with Crippen molar-refractivity contribution in [2.75, 3.05) is 13.1 Å². The molecule has 0 spiro atoms. The summed E-state index contributed by atoms with van der Waals surface area (Å²) in [7, 11) is 0. The molecule has 1 saturated heterocycles. The molecule has 2 nitrogen and oxygen atoms in total. The Bertz CT molecular complexity index is 185. The van der Waals surface area contributed by atoms with Crippen LogP contribution < -0.4 is 5.32 Å². The molecule has 3 unspecified atom stereocenters. The summed E-state index contributed by atoms with van der Waals surface area (Å²) >= 11 is 0. The number of piperazine rings is 1. The van der Waals surface area contributed by atoms with Gasteiger partial charge in [-0.25, -0.2) is 0 Å². The van der Waals surface area contributed by atoms with Gasteiger partial charge in [0.2, 0.25) is 0 Å². The maximum atomic E-state index is 5.49. The monoisotopic (exact) mass is 180 g/mol. The summed E-state index contributed by atoms with van der Waals surface area (Å²) in [6.07, 6.45) is 6.54. The van der Waals surface area contributed by atoms with Crippen molar-refractivity contribution in [1.82, 2.24) is 10.2 Å². The molecular formula is C11H20N2. The lowest BCUT2D eigenvalue weighted by atomic mass is 10.1. The van der Waals surface area contributed by atoms with E-state index in [2.05, 4.69) is 36.9 Å². The summed E-state index contributed by atoms with van der Waals surface area (Å²) < 4.78 is 0. The number of terminal acetylenes is 1. The van der Waals surface area contributed by atoms with Crippen molar-refractivity contribution >= 4 is 0 Å². The molecule has 13 heavy (non-hydrogen) atoms. The maximum Gasteiger partial charge on any atom is 0.0710 e. The fourth-order valence-electron chi connectivity index (χ4n) is 2.11. The quantitative estimate of drug-likeness (QED) is 0.640. The molecule has 0 radical (unpaired) electrons. The Morgan fingerprint density at radius 1 is 1.46 bits per heavy atom. The van der Waals surface area contributed by atoms with E-state index in [1.807, 2.05) is 0 Å². The first-order chi connectivity index (χ1) is 6.17. The van der Waals surface area contributed by atoms with E-state index >= 15 is 0 Å².